The van der Waals surface area contributed by atoms with Crippen LogP contribution in [0.2, 0.25) is 0 Å². The van der Waals surface area contributed by atoms with Crippen LogP contribution < -0.4 is 5.73 Å². The van der Waals surface area contributed by atoms with Gasteiger partial charge in [0, 0.05) is 26.2 Å². The third kappa shape index (κ3) is 2.37. The average Bonchev–Trinajstić information content (AvgIpc) is 2.47. The van der Waals surface area contributed by atoms with E-state index >= 15 is 0 Å². The lowest BCUT2D eigenvalue weighted by Crippen LogP contribution is -2.60. The minimum Gasteiger partial charge on any atom is -0.384 e. The molecule has 2 atom stereocenters. The summed E-state index contributed by atoms with van der Waals surface area (Å²) < 4.78 is 10.6. The van der Waals surface area contributed by atoms with Crippen molar-refractivity contribution >= 4 is 0 Å². The maximum atomic E-state index is 11.0. The number of rotatable bonds is 5. The molecule has 20 heavy (non-hydrogen) atoms. The van der Waals surface area contributed by atoms with E-state index in [4.69, 9.17) is 15.2 Å². The van der Waals surface area contributed by atoms with Crippen LogP contribution in [0.25, 0.3) is 0 Å². The molecule has 0 saturated carbocycles. The fourth-order valence-electron chi connectivity index (χ4n) is 3.42. The van der Waals surface area contributed by atoms with Crippen molar-refractivity contribution < 1.29 is 14.6 Å². The second-order valence-electron chi connectivity index (χ2n) is 5.88. The summed E-state index contributed by atoms with van der Waals surface area (Å²) >= 11 is 0. The fraction of sp³-hybridized carbons (Fsp3) is 0.625. The molecule has 2 unspecified atom stereocenters. The predicted octanol–water partition coefficient (Wildman–Crippen LogP) is 1.49. The Bertz CT molecular complexity index is 457. The molecule has 0 radical (unpaired) electrons. The molecule has 4 nitrogen and oxygen atoms in total. The molecule has 1 aliphatic carbocycles. The molecule has 3 N–H and O–H groups in total. The lowest BCUT2D eigenvalue weighted by Gasteiger charge is -2.49. The highest BCUT2D eigenvalue weighted by Crippen LogP contribution is 2.45. The second-order valence-corrected chi connectivity index (χ2v) is 5.88. The van der Waals surface area contributed by atoms with E-state index in [1.165, 1.54) is 11.1 Å². The van der Waals surface area contributed by atoms with Crippen molar-refractivity contribution in [3.8, 4) is 0 Å². The van der Waals surface area contributed by atoms with Crippen LogP contribution in [0.15, 0.2) is 24.3 Å². The molecule has 4 heteroatoms. The van der Waals surface area contributed by atoms with Crippen LogP contribution >= 0.6 is 0 Å². The standard InChI is InChI=1S/C16H25NO3/c1-15(18,14(19-2)20-3)16(11-17)9-8-12-6-4-5-7-13(12)10-16/h4-7,14,18H,8-11,17H2,1-3H3. The molecule has 0 aliphatic heterocycles. The lowest BCUT2D eigenvalue weighted by atomic mass is 9.62. The summed E-state index contributed by atoms with van der Waals surface area (Å²) in [5, 5.41) is 11.0. The van der Waals surface area contributed by atoms with Crippen molar-refractivity contribution in [2.45, 2.75) is 38.1 Å². The summed E-state index contributed by atoms with van der Waals surface area (Å²) in [6, 6.07) is 8.35. The Morgan fingerprint density at radius 3 is 2.45 bits per heavy atom. The van der Waals surface area contributed by atoms with Gasteiger partial charge in [0.1, 0.15) is 5.60 Å². The summed E-state index contributed by atoms with van der Waals surface area (Å²) in [5.41, 5.74) is 7.09. The molecule has 0 saturated heterocycles. The van der Waals surface area contributed by atoms with Crippen molar-refractivity contribution in [3.05, 3.63) is 35.4 Å². The molecule has 0 fully saturated rings. The Hall–Kier alpha value is -0.940. The normalized spacial score (nSPS) is 25.3. The van der Waals surface area contributed by atoms with Gasteiger partial charge in [-0.25, -0.2) is 0 Å². The first kappa shape index (κ1) is 15.4. The average molecular weight is 279 g/mol. The van der Waals surface area contributed by atoms with E-state index in [-0.39, 0.29) is 0 Å². The smallest absolute Gasteiger partial charge is 0.185 e. The van der Waals surface area contributed by atoms with E-state index in [0.29, 0.717) is 6.54 Å². The Labute approximate surface area is 120 Å². The van der Waals surface area contributed by atoms with Crippen molar-refractivity contribution in [1.82, 2.24) is 0 Å². The van der Waals surface area contributed by atoms with Crippen LogP contribution in [0.3, 0.4) is 0 Å². The Kier molecular flexibility index (Phi) is 4.49. The van der Waals surface area contributed by atoms with Crippen LogP contribution in [0, 0.1) is 5.41 Å². The molecule has 0 aromatic heterocycles. The zero-order valence-electron chi connectivity index (χ0n) is 12.6. The summed E-state index contributed by atoms with van der Waals surface area (Å²) in [5.74, 6) is 0. The Morgan fingerprint density at radius 2 is 1.90 bits per heavy atom. The summed E-state index contributed by atoms with van der Waals surface area (Å²) in [4.78, 5) is 0. The first-order valence-electron chi connectivity index (χ1n) is 7.05. The van der Waals surface area contributed by atoms with E-state index in [2.05, 4.69) is 18.2 Å². The summed E-state index contributed by atoms with van der Waals surface area (Å²) in [6.45, 7) is 2.17. The Balaban J connectivity index is 2.37. The zero-order valence-corrected chi connectivity index (χ0v) is 12.6. The zero-order chi connectivity index (χ0) is 14.8. The topological polar surface area (TPSA) is 64.7 Å². The number of benzene rings is 1. The van der Waals surface area contributed by atoms with Gasteiger partial charge in [0.2, 0.25) is 0 Å². The number of methoxy groups -OCH3 is 2. The van der Waals surface area contributed by atoms with Gasteiger partial charge in [0.05, 0.1) is 0 Å². The van der Waals surface area contributed by atoms with Crippen molar-refractivity contribution in [2.24, 2.45) is 11.1 Å². The van der Waals surface area contributed by atoms with E-state index in [0.717, 1.165) is 19.3 Å². The summed E-state index contributed by atoms with van der Waals surface area (Å²) in [6.07, 6.45) is 1.81. The first-order chi connectivity index (χ1) is 9.50. The van der Waals surface area contributed by atoms with Crippen LogP contribution in [-0.2, 0) is 22.3 Å². The van der Waals surface area contributed by atoms with Crippen LogP contribution in [0.5, 0.6) is 0 Å². The number of aliphatic hydroxyl groups is 1. The summed E-state index contributed by atoms with van der Waals surface area (Å²) in [7, 11) is 3.09. The van der Waals surface area contributed by atoms with Gasteiger partial charge in [-0.3, -0.25) is 0 Å². The molecule has 0 spiro atoms. The molecule has 1 aromatic rings. The molecule has 0 bridgehead atoms. The van der Waals surface area contributed by atoms with Gasteiger partial charge >= 0.3 is 0 Å². The monoisotopic (exact) mass is 279 g/mol. The number of fused-ring (bicyclic) bond motifs is 1. The highest BCUT2D eigenvalue weighted by Gasteiger charge is 2.52. The van der Waals surface area contributed by atoms with Gasteiger partial charge in [-0.15, -0.1) is 0 Å². The van der Waals surface area contributed by atoms with E-state index in [9.17, 15) is 5.11 Å². The van der Waals surface area contributed by atoms with Crippen LogP contribution in [0.1, 0.15) is 24.5 Å². The molecule has 1 aliphatic rings. The Morgan fingerprint density at radius 1 is 1.30 bits per heavy atom. The van der Waals surface area contributed by atoms with Gasteiger partial charge in [0.15, 0.2) is 6.29 Å². The highest BCUT2D eigenvalue weighted by molar-refractivity contribution is 5.32. The molecule has 0 heterocycles. The first-order valence-corrected chi connectivity index (χ1v) is 7.05. The third-order valence-electron chi connectivity index (χ3n) is 4.87. The SMILES string of the molecule is COC(OC)C(C)(O)C1(CN)CCc2ccccc2C1. The van der Waals surface area contributed by atoms with E-state index in [1.807, 2.05) is 6.07 Å². The van der Waals surface area contributed by atoms with Gasteiger partial charge < -0.3 is 20.3 Å². The number of hydrogen-bond donors (Lipinski definition) is 2. The number of nitrogens with two attached hydrogens (primary N) is 1. The van der Waals surface area contributed by atoms with Gasteiger partial charge in [0.25, 0.3) is 0 Å². The molecular formula is C16H25NO3. The van der Waals surface area contributed by atoms with Crippen LogP contribution in [0.4, 0.5) is 0 Å². The van der Waals surface area contributed by atoms with Crippen molar-refractivity contribution in [3.63, 3.8) is 0 Å². The van der Waals surface area contributed by atoms with E-state index in [1.54, 1.807) is 21.1 Å². The molecule has 112 valence electrons. The molecule has 1 aromatic carbocycles. The number of aryl methyl sites for hydroxylation is 1. The van der Waals surface area contributed by atoms with Crippen molar-refractivity contribution in [1.29, 1.82) is 0 Å². The van der Waals surface area contributed by atoms with Crippen molar-refractivity contribution in [2.75, 3.05) is 20.8 Å². The van der Waals surface area contributed by atoms with E-state index < -0.39 is 17.3 Å². The van der Waals surface area contributed by atoms with Gasteiger partial charge in [-0.2, -0.15) is 0 Å². The third-order valence-corrected chi connectivity index (χ3v) is 4.87. The van der Waals surface area contributed by atoms with Crippen LogP contribution in [-0.4, -0.2) is 37.8 Å². The molecular weight excluding hydrogens is 254 g/mol. The predicted molar refractivity (Wildman–Crippen MR) is 78.4 cm³/mol. The fourth-order valence-corrected chi connectivity index (χ4v) is 3.42. The number of hydrogen-bond acceptors (Lipinski definition) is 4. The lowest BCUT2D eigenvalue weighted by molar-refractivity contribution is -0.252. The minimum atomic E-state index is -1.14. The highest BCUT2D eigenvalue weighted by atomic mass is 16.7. The van der Waals surface area contributed by atoms with Gasteiger partial charge in [-0.1, -0.05) is 24.3 Å². The second kappa shape index (κ2) is 5.82. The molecule has 2 rings (SSSR count). The molecule has 0 amide bonds. The maximum absolute atomic E-state index is 11.0. The maximum Gasteiger partial charge on any atom is 0.185 e. The van der Waals surface area contributed by atoms with Gasteiger partial charge in [-0.05, 0) is 37.3 Å². The number of ether oxygens (including phenoxy) is 2. The largest absolute Gasteiger partial charge is 0.384 e. The quantitative estimate of drug-likeness (QED) is 0.802. The minimum absolute atomic E-state index is 0.400.